The number of nitrogens with zero attached hydrogens (tertiary/aromatic N) is 2. The topological polar surface area (TPSA) is 55.5 Å². The first-order valence-corrected chi connectivity index (χ1v) is 6.40. The zero-order valence-corrected chi connectivity index (χ0v) is 11.9. The Hall–Kier alpha value is -2.20. The average molecular weight is 289 g/mol. The van der Waals surface area contributed by atoms with Crippen molar-refractivity contribution in [1.82, 2.24) is 0 Å². The number of non-ortho nitro benzene ring substituents is 1. The number of rotatable bonds is 3. The van der Waals surface area contributed by atoms with Crippen molar-refractivity contribution in [3.63, 3.8) is 0 Å². The van der Waals surface area contributed by atoms with E-state index in [2.05, 4.69) is 4.99 Å². The Morgan fingerprint density at radius 1 is 1.15 bits per heavy atom. The lowest BCUT2D eigenvalue weighted by atomic mass is 10.1. The molecule has 0 radical (unpaired) electrons. The fourth-order valence-electron chi connectivity index (χ4n) is 1.69. The quantitative estimate of drug-likeness (QED) is 0.470. The van der Waals surface area contributed by atoms with E-state index in [1.165, 1.54) is 23.8 Å². The average Bonchev–Trinajstić information content (AvgIpc) is 2.41. The summed E-state index contributed by atoms with van der Waals surface area (Å²) in [6.45, 7) is 4.04. The standard InChI is InChI=1S/C15H13ClN2O2/c1-10-3-4-13(7-11(10)2)17-9-12-8-14(18(19)20)5-6-15(12)16/h3-9H,1-2H3. The number of hydrogen-bond donors (Lipinski definition) is 0. The van der Waals surface area contributed by atoms with E-state index >= 15 is 0 Å². The van der Waals surface area contributed by atoms with Crippen LogP contribution in [0.25, 0.3) is 0 Å². The molecule has 0 amide bonds. The number of nitro benzene ring substituents is 1. The van der Waals surface area contributed by atoms with E-state index in [0.717, 1.165) is 11.3 Å². The molecule has 2 aromatic carbocycles. The van der Waals surface area contributed by atoms with E-state index in [1.54, 1.807) is 6.21 Å². The molecule has 0 spiro atoms. The second-order valence-corrected chi connectivity index (χ2v) is 4.90. The normalized spacial score (nSPS) is 10.9. The maximum Gasteiger partial charge on any atom is 0.270 e. The smallest absolute Gasteiger partial charge is 0.258 e. The Kier molecular flexibility index (Phi) is 4.15. The van der Waals surface area contributed by atoms with Crippen molar-refractivity contribution in [3.8, 4) is 0 Å². The number of benzene rings is 2. The number of aryl methyl sites for hydroxylation is 2. The summed E-state index contributed by atoms with van der Waals surface area (Å²) in [5, 5.41) is 11.2. The summed E-state index contributed by atoms with van der Waals surface area (Å²) in [4.78, 5) is 14.6. The monoisotopic (exact) mass is 288 g/mol. The molecule has 0 atom stereocenters. The summed E-state index contributed by atoms with van der Waals surface area (Å²) in [5.41, 5.74) is 3.65. The molecule has 0 unspecified atom stereocenters. The lowest BCUT2D eigenvalue weighted by Gasteiger charge is -2.01. The molecule has 0 bridgehead atoms. The van der Waals surface area contributed by atoms with Gasteiger partial charge in [0.05, 0.1) is 10.6 Å². The van der Waals surface area contributed by atoms with Crippen LogP contribution >= 0.6 is 11.6 Å². The van der Waals surface area contributed by atoms with Crippen LogP contribution in [0.15, 0.2) is 41.4 Å². The molecule has 2 rings (SSSR count). The van der Waals surface area contributed by atoms with Gasteiger partial charge in [-0.1, -0.05) is 17.7 Å². The molecular weight excluding hydrogens is 276 g/mol. The van der Waals surface area contributed by atoms with Crippen molar-refractivity contribution in [2.24, 2.45) is 4.99 Å². The van der Waals surface area contributed by atoms with Crippen molar-refractivity contribution in [3.05, 3.63) is 68.2 Å². The molecule has 4 nitrogen and oxygen atoms in total. The molecule has 0 aliphatic rings. The van der Waals surface area contributed by atoms with Crippen LogP contribution < -0.4 is 0 Å². The molecule has 0 fully saturated rings. The highest BCUT2D eigenvalue weighted by molar-refractivity contribution is 6.33. The minimum absolute atomic E-state index is 0.00376. The highest BCUT2D eigenvalue weighted by atomic mass is 35.5. The predicted octanol–water partition coefficient (Wildman–Crippen LogP) is 4.62. The van der Waals surface area contributed by atoms with Crippen LogP contribution in [0, 0.1) is 24.0 Å². The highest BCUT2D eigenvalue weighted by Gasteiger charge is 2.08. The Labute approximate surface area is 121 Å². The number of hydrogen-bond acceptors (Lipinski definition) is 3. The van der Waals surface area contributed by atoms with Crippen LogP contribution in [-0.2, 0) is 0 Å². The first-order chi connectivity index (χ1) is 9.47. The summed E-state index contributed by atoms with van der Waals surface area (Å²) in [6.07, 6.45) is 1.54. The molecular formula is C15H13ClN2O2. The predicted molar refractivity (Wildman–Crippen MR) is 81.3 cm³/mol. The van der Waals surface area contributed by atoms with Crippen LogP contribution in [0.4, 0.5) is 11.4 Å². The molecule has 0 aliphatic carbocycles. The van der Waals surface area contributed by atoms with Gasteiger partial charge >= 0.3 is 0 Å². The minimum atomic E-state index is -0.455. The van der Waals surface area contributed by atoms with Crippen molar-refractivity contribution in [2.75, 3.05) is 0 Å². The van der Waals surface area contributed by atoms with Gasteiger partial charge in [0.25, 0.3) is 5.69 Å². The number of nitro groups is 1. The first-order valence-electron chi connectivity index (χ1n) is 6.02. The third-order valence-corrected chi connectivity index (χ3v) is 3.38. The minimum Gasteiger partial charge on any atom is -0.258 e. The van der Waals surface area contributed by atoms with E-state index in [4.69, 9.17) is 11.6 Å². The molecule has 0 saturated carbocycles. The van der Waals surface area contributed by atoms with Crippen LogP contribution in [-0.4, -0.2) is 11.1 Å². The van der Waals surface area contributed by atoms with Crippen molar-refractivity contribution in [2.45, 2.75) is 13.8 Å². The number of aliphatic imine (C=N–C) groups is 1. The van der Waals surface area contributed by atoms with Crippen molar-refractivity contribution in [1.29, 1.82) is 0 Å². The number of halogens is 1. The Balaban J connectivity index is 2.33. The van der Waals surface area contributed by atoms with Gasteiger partial charge in [0.2, 0.25) is 0 Å². The van der Waals surface area contributed by atoms with Crippen LogP contribution in [0.5, 0.6) is 0 Å². The summed E-state index contributed by atoms with van der Waals surface area (Å²) in [7, 11) is 0. The summed E-state index contributed by atoms with van der Waals surface area (Å²) >= 11 is 6.01. The SMILES string of the molecule is Cc1ccc(N=Cc2cc([N+](=O)[O-])ccc2Cl)cc1C. The largest absolute Gasteiger partial charge is 0.270 e. The van der Waals surface area contributed by atoms with E-state index in [1.807, 2.05) is 32.0 Å². The maximum absolute atomic E-state index is 10.7. The molecule has 0 N–H and O–H groups in total. The van der Waals surface area contributed by atoms with Gasteiger partial charge in [-0.25, -0.2) is 0 Å². The van der Waals surface area contributed by atoms with E-state index < -0.39 is 4.92 Å². The molecule has 0 aliphatic heterocycles. The second-order valence-electron chi connectivity index (χ2n) is 4.49. The molecule has 5 heteroatoms. The van der Waals surface area contributed by atoms with Gasteiger partial charge in [-0.3, -0.25) is 15.1 Å². The Bertz CT molecular complexity index is 696. The van der Waals surface area contributed by atoms with Gasteiger partial charge in [0.15, 0.2) is 0 Å². The lowest BCUT2D eigenvalue weighted by Crippen LogP contribution is -1.90. The van der Waals surface area contributed by atoms with Crippen LogP contribution in [0.3, 0.4) is 0 Å². The fourth-order valence-corrected chi connectivity index (χ4v) is 1.86. The Morgan fingerprint density at radius 3 is 2.55 bits per heavy atom. The maximum atomic E-state index is 10.7. The molecule has 0 aromatic heterocycles. The third-order valence-electron chi connectivity index (χ3n) is 3.03. The van der Waals surface area contributed by atoms with Gasteiger partial charge in [0, 0.05) is 28.9 Å². The van der Waals surface area contributed by atoms with Gasteiger partial charge < -0.3 is 0 Å². The van der Waals surface area contributed by atoms with E-state index in [9.17, 15) is 10.1 Å². The summed E-state index contributed by atoms with van der Waals surface area (Å²) < 4.78 is 0. The molecule has 102 valence electrons. The van der Waals surface area contributed by atoms with Gasteiger partial charge in [0.1, 0.15) is 0 Å². The second kappa shape index (κ2) is 5.84. The van der Waals surface area contributed by atoms with Crippen molar-refractivity contribution < 1.29 is 4.92 Å². The van der Waals surface area contributed by atoms with Crippen LogP contribution in [0.1, 0.15) is 16.7 Å². The summed E-state index contributed by atoms with van der Waals surface area (Å²) in [6, 6.07) is 10.1. The molecule has 20 heavy (non-hydrogen) atoms. The Morgan fingerprint density at radius 2 is 1.90 bits per heavy atom. The van der Waals surface area contributed by atoms with Crippen LogP contribution in [0.2, 0.25) is 5.02 Å². The van der Waals surface area contributed by atoms with Crippen molar-refractivity contribution >= 4 is 29.2 Å². The molecule has 2 aromatic rings. The van der Waals surface area contributed by atoms with E-state index in [0.29, 0.717) is 10.6 Å². The lowest BCUT2D eigenvalue weighted by molar-refractivity contribution is -0.384. The third kappa shape index (κ3) is 3.22. The van der Waals surface area contributed by atoms with Gasteiger partial charge in [-0.15, -0.1) is 0 Å². The zero-order chi connectivity index (χ0) is 14.7. The van der Waals surface area contributed by atoms with Gasteiger partial charge in [-0.2, -0.15) is 0 Å². The van der Waals surface area contributed by atoms with E-state index in [-0.39, 0.29) is 5.69 Å². The zero-order valence-electron chi connectivity index (χ0n) is 11.1. The van der Waals surface area contributed by atoms with Gasteiger partial charge in [-0.05, 0) is 43.2 Å². The highest BCUT2D eigenvalue weighted by Crippen LogP contribution is 2.22. The fraction of sp³-hybridized carbons (Fsp3) is 0.133. The summed E-state index contributed by atoms with van der Waals surface area (Å²) in [5.74, 6) is 0. The molecule has 0 heterocycles. The molecule has 0 saturated heterocycles. The first kappa shape index (κ1) is 14.2.